The van der Waals surface area contributed by atoms with Crippen molar-refractivity contribution in [3.63, 3.8) is 0 Å². The quantitative estimate of drug-likeness (QED) is 0.545. The molecular weight excluding hydrogens is 341 g/mol. The molecule has 0 aliphatic heterocycles. The van der Waals surface area contributed by atoms with Crippen molar-refractivity contribution in [1.29, 1.82) is 0 Å². The highest BCUT2D eigenvalue weighted by atomic mass is 31.2. The molecule has 0 aliphatic carbocycles. The molecular formula is C18H26NO5P. The summed E-state index contributed by atoms with van der Waals surface area (Å²) in [4.78, 5) is 0. The maximum atomic E-state index is 12.1. The lowest BCUT2D eigenvalue weighted by Crippen LogP contribution is -2.15. The molecule has 0 amide bonds. The predicted molar refractivity (Wildman–Crippen MR) is 98.3 cm³/mol. The Morgan fingerprint density at radius 1 is 0.920 bits per heavy atom. The number of nitrogens with two attached hydrogens (primary N) is 1. The lowest BCUT2D eigenvalue weighted by atomic mass is 10.2. The van der Waals surface area contributed by atoms with E-state index in [0.29, 0.717) is 5.56 Å². The zero-order chi connectivity index (χ0) is 18.5. The van der Waals surface area contributed by atoms with Crippen LogP contribution in [0.4, 0.5) is 0 Å². The molecule has 138 valence electrons. The molecule has 2 aromatic rings. The van der Waals surface area contributed by atoms with Crippen molar-refractivity contribution in [1.82, 2.24) is 0 Å². The summed E-state index contributed by atoms with van der Waals surface area (Å²) in [6, 6.07) is 18.8. The second-order valence-corrected chi connectivity index (χ2v) is 6.36. The van der Waals surface area contributed by atoms with Crippen LogP contribution in [-0.2, 0) is 18.1 Å². The highest BCUT2D eigenvalue weighted by molar-refractivity contribution is 7.48. The fourth-order valence-electron chi connectivity index (χ4n) is 1.81. The first kappa shape index (κ1) is 21.4. The minimum Gasteiger partial charge on any atom is -0.497 e. The van der Waals surface area contributed by atoms with Gasteiger partial charge in [0.1, 0.15) is 12.0 Å². The van der Waals surface area contributed by atoms with Crippen LogP contribution >= 0.6 is 7.82 Å². The van der Waals surface area contributed by atoms with Gasteiger partial charge in [0.15, 0.2) is 0 Å². The largest absolute Gasteiger partial charge is 0.497 e. The summed E-state index contributed by atoms with van der Waals surface area (Å²) >= 11 is 0. The number of hydrogen-bond donors (Lipinski definition) is 1. The number of phosphoric acid groups is 1. The van der Waals surface area contributed by atoms with Crippen LogP contribution in [0.2, 0.25) is 0 Å². The van der Waals surface area contributed by atoms with Crippen molar-refractivity contribution in [3.8, 4) is 5.75 Å². The SMILES string of the molecule is CCOP(=O)(OCC)OC(N)c1ccccc1.COc1ccccc1. The van der Waals surface area contributed by atoms with Crippen LogP contribution in [0.25, 0.3) is 0 Å². The topological polar surface area (TPSA) is 80.0 Å². The number of para-hydroxylation sites is 1. The summed E-state index contributed by atoms with van der Waals surface area (Å²) < 4.78 is 32.1. The summed E-state index contributed by atoms with van der Waals surface area (Å²) in [5, 5.41) is 0. The molecule has 2 aromatic carbocycles. The standard InChI is InChI=1S/C11H18NO4P.C7H8O/c1-3-14-17(13,15-4-2)16-11(12)10-8-6-5-7-9-10;1-8-7-5-3-2-4-6-7/h5-9,11H,3-4,12H2,1-2H3;2-6H,1H3. The van der Waals surface area contributed by atoms with E-state index >= 15 is 0 Å². The van der Waals surface area contributed by atoms with E-state index in [1.807, 2.05) is 48.5 Å². The van der Waals surface area contributed by atoms with Gasteiger partial charge in [0.25, 0.3) is 0 Å². The first-order valence-corrected chi connectivity index (χ1v) is 9.47. The Morgan fingerprint density at radius 2 is 1.40 bits per heavy atom. The van der Waals surface area contributed by atoms with Gasteiger partial charge in [-0.25, -0.2) is 4.57 Å². The maximum absolute atomic E-state index is 12.1. The molecule has 0 bridgehead atoms. The van der Waals surface area contributed by atoms with Gasteiger partial charge in [-0.15, -0.1) is 0 Å². The van der Waals surface area contributed by atoms with Crippen LogP contribution in [0.15, 0.2) is 60.7 Å². The van der Waals surface area contributed by atoms with E-state index in [1.165, 1.54) is 0 Å². The van der Waals surface area contributed by atoms with Gasteiger partial charge in [0, 0.05) is 0 Å². The Kier molecular flexibility index (Phi) is 10.1. The zero-order valence-electron chi connectivity index (χ0n) is 14.8. The molecule has 0 saturated heterocycles. The van der Waals surface area contributed by atoms with Crippen LogP contribution in [0, 0.1) is 0 Å². The van der Waals surface area contributed by atoms with Crippen LogP contribution in [0.3, 0.4) is 0 Å². The summed E-state index contributed by atoms with van der Waals surface area (Å²) in [5.74, 6) is 0.910. The van der Waals surface area contributed by atoms with E-state index < -0.39 is 14.1 Å². The Balaban J connectivity index is 0.000000324. The Hall–Kier alpha value is -1.69. The highest BCUT2D eigenvalue weighted by Crippen LogP contribution is 2.51. The number of ether oxygens (including phenoxy) is 1. The second-order valence-electron chi connectivity index (χ2n) is 4.74. The van der Waals surface area contributed by atoms with Crippen molar-refractivity contribution >= 4 is 7.82 Å². The molecule has 0 spiro atoms. The van der Waals surface area contributed by atoms with E-state index in [-0.39, 0.29) is 13.2 Å². The van der Waals surface area contributed by atoms with Crippen molar-refractivity contribution in [2.75, 3.05) is 20.3 Å². The van der Waals surface area contributed by atoms with E-state index in [9.17, 15) is 4.57 Å². The van der Waals surface area contributed by atoms with E-state index in [1.54, 1.807) is 33.1 Å². The van der Waals surface area contributed by atoms with Gasteiger partial charge in [-0.05, 0) is 31.5 Å². The smallest absolute Gasteiger partial charge is 0.476 e. The average molecular weight is 367 g/mol. The van der Waals surface area contributed by atoms with Crippen LogP contribution in [0.1, 0.15) is 25.6 Å². The molecule has 2 rings (SSSR count). The van der Waals surface area contributed by atoms with E-state index in [2.05, 4.69) is 0 Å². The molecule has 0 saturated carbocycles. The van der Waals surface area contributed by atoms with Crippen LogP contribution in [0.5, 0.6) is 5.75 Å². The van der Waals surface area contributed by atoms with Gasteiger partial charge in [-0.3, -0.25) is 13.6 Å². The van der Waals surface area contributed by atoms with E-state index in [0.717, 1.165) is 5.75 Å². The molecule has 0 fully saturated rings. The van der Waals surface area contributed by atoms with Crippen molar-refractivity contribution in [3.05, 3.63) is 66.2 Å². The number of benzene rings is 2. The normalized spacial score (nSPS) is 12.0. The van der Waals surface area contributed by atoms with Gasteiger partial charge < -0.3 is 10.5 Å². The first-order valence-electron chi connectivity index (χ1n) is 8.01. The third-order valence-corrected chi connectivity index (χ3v) is 4.56. The predicted octanol–water partition coefficient (Wildman–Crippen LogP) is 4.54. The van der Waals surface area contributed by atoms with E-state index in [4.69, 9.17) is 24.0 Å². The molecule has 2 N–H and O–H groups in total. The summed E-state index contributed by atoms with van der Waals surface area (Å²) in [6.07, 6.45) is -0.833. The number of methoxy groups -OCH3 is 1. The van der Waals surface area contributed by atoms with Crippen molar-refractivity contribution < 1.29 is 22.9 Å². The second kappa shape index (κ2) is 11.8. The third kappa shape index (κ3) is 8.29. The molecule has 0 heterocycles. The molecule has 7 heteroatoms. The van der Waals surface area contributed by atoms with Gasteiger partial charge >= 0.3 is 7.82 Å². The molecule has 6 nitrogen and oxygen atoms in total. The fraction of sp³-hybridized carbons (Fsp3) is 0.333. The monoisotopic (exact) mass is 367 g/mol. The van der Waals surface area contributed by atoms with Gasteiger partial charge in [-0.1, -0.05) is 48.5 Å². The third-order valence-electron chi connectivity index (χ3n) is 2.92. The van der Waals surface area contributed by atoms with Crippen molar-refractivity contribution in [2.45, 2.75) is 20.1 Å². The number of phosphoric ester groups is 1. The highest BCUT2D eigenvalue weighted by Gasteiger charge is 2.29. The minimum absolute atomic E-state index is 0.235. The Bertz CT molecular complexity index is 614. The summed E-state index contributed by atoms with van der Waals surface area (Å²) in [5.41, 5.74) is 6.50. The van der Waals surface area contributed by atoms with Crippen molar-refractivity contribution in [2.24, 2.45) is 5.73 Å². The lowest BCUT2D eigenvalue weighted by Gasteiger charge is -2.20. The number of hydrogen-bond acceptors (Lipinski definition) is 6. The minimum atomic E-state index is -3.57. The van der Waals surface area contributed by atoms with Gasteiger partial charge in [-0.2, -0.15) is 0 Å². The molecule has 0 aliphatic rings. The van der Waals surface area contributed by atoms with Gasteiger partial charge in [0.2, 0.25) is 0 Å². The van der Waals surface area contributed by atoms with Gasteiger partial charge in [0.05, 0.1) is 20.3 Å². The molecule has 0 radical (unpaired) electrons. The summed E-state index contributed by atoms with van der Waals surface area (Å²) in [6.45, 7) is 3.89. The molecule has 1 unspecified atom stereocenters. The molecule has 0 aromatic heterocycles. The van der Waals surface area contributed by atoms with Crippen LogP contribution < -0.4 is 10.5 Å². The number of rotatable bonds is 8. The summed E-state index contributed by atoms with van der Waals surface area (Å²) in [7, 11) is -1.90. The Morgan fingerprint density at radius 3 is 1.80 bits per heavy atom. The molecule has 25 heavy (non-hydrogen) atoms. The Labute approximate surface area is 149 Å². The molecule has 1 atom stereocenters. The first-order chi connectivity index (χ1) is 12.0. The zero-order valence-corrected chi connectivity index (χ0v) is 15.7. The van der Waals surface area contributed by atoms with Crippen LogP contribution in [-0.4, -0.2) is 20.3 Å². The fourth-order valence-corrected chi connectivity index (χ4v) is 3.04. The average Bonchev–Trinajstić information content (AvgIpc) is 2.64. The maximum Gasteiger partial charge on any atom is 0.476 e. The lowest BCUT2D eigenvalue weighted by molar-refractivity contribution is 0.0861.